The third-order valence-electron chi connectivity index (χ3n) is 4.43. The van der Waals surface area contributed by atoms with E-state index in [2.05, 4.69) is 10.2 Å². The predicted molar refractivity (Wildman–Crippen MR) is 82.7 cm³/mol. The molecule has 9 heteroatoms. The number of amides is 1. The molecule has 0 spiro atoms. The molecular formula is C16H14F3N5O. The van der Waals surface area contributed by atoms with Crippen molar-refractivity contribution in [1.29, 1.82) is 0 Å². The van der Waals surface area contributed by atoms with Gasteiger partial charge in [-0.15, -0.1) is 10.2 Å². The van der Waals surface area contributed by atoms with Crippen LogP contribution in [-0.2, 0) is 26.3 Å². The first kappa shape index (κ1) is 15.7. The highest BCUT2D eigenvalue weighted by atomic mass is 19.4. The number of carbonyl (C=O) groups is 1. The number of aromatic nitrogens is 4. The highest BCUT2D eigenvalue weighted by Crippen LogP contribution is 2.29. The SMILES string of the molecule is Cn1ccc2ccc(C(=O)N3CCn4c(nnc4C(F)(F)F)C3)cc21. The number of rotatable bonds is 1. The van der Waals surface area contributed by atoms with Crippen LogP contribution in [0.4, 0.5) is 13.2 Å². The van der Waals surface area contributed by atoms with Gasteiger partial charge in [-0.3, -0.25) is 4.79 Å². The smallest absolute Gasteiger partial charge is 0.351 e. The zero-order valence-electron chi connectivity index (χ0n) is 13.3. The van der Waals surface area contributed by atoms with Crippen LogP contribution in [0.3, 0.4) is 0 Å². The Labute approximate surface area is 140 Å². The van der Waals surface area contributed by atoms with Crippen LogP contribution in [0.15, 0.2) is 30.5 Å². The van der Waals surface area contributed by atoms with E-state index in [0.717, 1.165) is 15.5 Å². The summed E-state index contributed by atoms with van der Waals surface area (Å²) < 4.78 is 41.6. The Morgan fingerprint density at radius 2 is 1.96 bits per heavy atom. The lowest BCUT2D eigenvalue weighted by Gasteiger charge is -2.28. The highest BCUT2D eigenvalue weighted by Gasteiger charge is 2.39. The van der Waals surface area contributed by atoms with Gasteiger partial charge in [0.25, 0.3) is 5.91 Å². The molecule has 3 heterocycles. The Balaban J connectivity index is 1.61. The second-order valence-electron chi connectivity index (χ2n) is 6.02. The highest BCUT2D eigenvalue weighted by molar-refractivity contribution is 5.98. The van der Waals surface area contributed by atoms with Crippen LogP contribution in [0.2, 0.25) is 0 Å². The van der Waals surface area contributed by atoms with Crippen molar-refractivity contribution in [3.05, 3.63) is 47.7 Å². The van der Waals surface area contributed by atoms with E-state index in [1.54, 1.807) is 12.1 Å². The molecule has 1 aliphatic rings. The van der Waals surface area contributed by atoms with Crippen molar-refractivity contribution in [3.63, 3.8) is 0 Å². The van der Waals surface area contributed by atoms with E-state index in [1.807, 2.05) is 29.9 Å². The molecule has 1 amide bonds. The maximum absolute atomic E-state index is 12.9. The Kier molecular flexibility index (Phi) is 3.34. The molecule has 1 aromatic carbocycles. The largest absolute Gasteiger partial charge is 0.451 e. The summed E-state index contributed by atoms with van der Waals surface area (Å²) in [6.07, 6.45) is -2.64. The van der Waals surface area contributed by atoms with Crippen molar-refractivity contribution in [2.45, 2.75) is 19.3 Å². The number of fused-ring (bicyclic) bond motifs is 2. The molecule has 0 unspecified atom stereocenters. The van der Waals surface area contributed by atoms with Gasteiger partial charge in [0.2, 0.25) is 5.82 Å². The molecule has 2 aromatic heterocycles. The number of hydrogen-bond donors (Lipinski definition) is 0. The molecule has 4 rings (SSSR count). The third kappa shape index (κ3) is 2.55. The number of aryl methyl sites for hydroxylation is 1. The Morgan fingerprint density at radius 3 is 2.72 bits per heavy atom. The third-order valence-corrected chi connectivity index (χ3v) is 4.43. The Hall–Kier alpha value is -2.84. The number of hydrogen-bond acceptors (Lipinski definition) is 3. The molecular weight excluding hydrogens is 335 g/mol. The average molecular weight is 349 g/mol. The Bertz CT molecular complexity index is 972. The zero-order valence-corrected chi connectivity index (χ0v) is 13.3. The molecule has 130 valence electrons. The summed E-state index contributed by atoms with van der Waals surface area (Å²) in [7, 11) is 1.89. The fraction of sp³-hybridized carbons (Fsp3) is 0.312. The van der Waals surface area contributed by atoms with Crippen molar-refractivity contribution in [3.8, 4) is 0 Å². The number of benzene rings is 1. The number of carbonyl (C=O) groups excluding carboxylic acids is 1. The second-order valence-corrected chi connectivity index (χ2v) is 6.02. The maximum atomic E-state index is 12.9. The van der Waals surface area contributed by atoms with Crippen molar-refractivity contribution in [1.82, 2.24) is 24.2 Å². The van der Waals surface area contributed by atoms with Crippen LogP contribution >= 0.6 is 0 Å². The van der Waals surface area contributed by atoms with E-state index < -0.39 is 12.0 Å². The minimum absolute atomic E-state index is 0.00703. The molecule has 6 nitrogen and oxygen atoms in total. The first-order valence-electron chi connectivity index (χ1n) is 7.68. The van der Waals surface area contributed by atoms with Gasteiger partial charge in [0.15, 0.2) is 5.82 Å². The van der Waals surface area contributed by atoms with E-state index in [1.165, 1.54) is 4.90 Å². The molecule has 0 atom stereocenters. The molecule has 0 fully saturated rings. The average Bonchev–Trinajstić information content (AvgIpc) is 3.17. The van der Waals surface area contributed by atoms with Crippen LogP contribution in [0.5, 0.6) is 0 Å². The van der Waals surface area contributed by atoms with Crippen molar-refractivity contribution in [2.24, 2.45) is 7.05 Å². The van der Waals surface area contributed by atoms with Gasteiger partial charge >= 0.3 is 6.18 Å². The summed E-state index contributed by atoms with van der Waals surface area (Å²) in [5.74, 6) is -1.10. The summed E-state index contributed by atoms with van der Waals surface area (Å²) in [6, 6.07) is 7.33. The molecule has 3 aromatic rings. The fourth-order valence-electron chi connectivity index (χ4n) is 3.12. The van der Waals surface area contributed by atoms with E-state index in [4.69, 9.17) is 0 Å². The molecule has 0 saturated heterocycles. The van der Waals surface area contributed by atoms with Crippen LogP contribution < -0.4 is 0 Å². The summed E-state index contributed by atoms with van der Waals surface area (Å²) in [5.41, 5.74) is 1.42. The fourth-order valence-corrected chi connectivity index (χ4v) is 3.12. The van der Waals surface area contributed by atoms with Crippen LogP contribution in [0, 0.1) is 0 Å². The molecule has 0 aliphatic carbocycles. The molecule has 0 N–H and O–H groups in total. The van der Waals surface area contributed by atoms with E-state index >= 15 is 0 Å². The van der Waals surface area contributed by atoms with Gasteiger partial charge in [0, 0.05) is 37.4 Å². The molecule has 0 saturated carbocycles. The van der Waals surface area contributed by atoms with E-state index in [0.29, 0.717) is 5.56 Å². The van der Waals surface area contributed by atoms with Gasteiger partial charge in [0.1, 0.15) is 0 Å². The van der Waals surface area contributed by atoms with E-state index in [-0.39, 0.29) is 31.4 Å². The molecule has 25 heavy (non-hydrogen) atoms. The standard InChI is InChI=1S/C16H14F3N5O/c1-22-5-4-10-2-3-11(8-12(10)22)14(25)23-6-7-24-13(9-23)20-21-15(24)16(17,18)19/h2-5,8H,6-7,9H2,1H3. The normalized spacial score (nSPS) is 14.8. The number of halogens is 3. The predicted octanol–water partition coefficient (Wildman–Crippen LogP) is 2.44. The van der Waals surface area contributed by atoms with Crippen LogP contribution in [-0.4, -0.2) is 36.7 Å². The first-order valence-corrected chi connectivity index (χ1v) is 7.68. The van der Waals surface area contributed by atoms with Gasteiger partial charge in [-0.1, -0.05) is 6.07 Å². The van der Waals surface area contributed by atoms with Gasteiger partial charge in [0.05, 0.1) is 6.54 Å². The zero-order chi connectivity index (χ0) is 17.8. The van der Waals surface area contributed by atoms with Crippen LogP contribution in [0.25, 0.3) is 10.9 Å². The molecule has 1 aliphatic heterocycles. The summed E-state index contributed by atoms with van der Waals surface area (Å²) in [5, 5.41) is 7.85. The minimum atomic E-state index is -4.55. The summed E-state index contributed by atoms with van der Waals surface area (Å²) >= 11 is 0. The number of alkyl halides is 3. The van der Waals surface area contributed by atoms with Gasteiger partial charge < -0.3 is 14.0 Å². The summed E-state index contributed by atoms with van der Waals surface area (Å²) in [4.78, 5) is 14.2. The molecule has 0 bridgehead atoms. The quantitative estimate of drug-likeness (QED) is 0.678. The lowest BCUT2D eigenvalue weighted by atomic mass is 10.1. The molecule has 0 radical (unpaired) electrons. The summed E-state index contributed by atoms with van der Waals surface area (Å²) in [6.45, 7) is 0.209. The first-order chi connectivity index (χ1) is 11.8. The second kappa shape index (κ2) is 5.33. The van der Waals surface area contributed by atoms with Crippen molar-refractivity contribution < 1.29 is 18.0 Å². The van der Waals surface area contributed by atoms with Gasteiger partial charge in [-0.05, 0) is 23.6 Å². The van der Waals surface area contributed by atoms with E-state index in [9.17, 15) is 18.0 Å². The van der Waals surface area contributed by atoms with Gasteiger partial charge in [-0.25, -0.2) is 0 Å². The number of nitrogens with zero attached hydrogens (tertiary/aromatic N) is 5. The lowest BCUT2D eigenvalue weighted by Crippen LogP contribution is -2.39. The minimum Gasteiger partial charge on any atom is -0.351 e. The van der Waals surface area contributed by atoms with Crippen molar-refractivity contribution in [2.75, 3.05) is 6.54 Å². The van der Waals surface area contributed by atoms with Gasteiger partial charge in [-0.2, -0.15) is 13.2 Å². The monoisotopic (exact) mass is 349 g/mol. The topological polar surface area (TPSA) is 56.0 Å². The lowest BCUT2D eigenvalue weighted by molar-refractivity contribution is -0.147. The van der Waals surface area contributed by atoms with Crippen LogP contribution in [0.1, 0.15) is 22.0 Å². The maximum Gasteiger partial charge on any atom is 0.451 e. The Morgan fingerprint density at radius 1 is 1.16 bits per heavy atom. The van der Waals surface area contributed by atoms with Crippen molar-refractivity contribution >= 4 is 16.8 Å².